The SMILES string of the molecule is O=Cc1ccc(N2CCC2)c(Cl)c1. The summed E-state index contributed by atoms with van der Waals surface area (Å²) in [6, 6.07) is 5.42. The van der Waals surface area contributed by atoms with Gasteiger partial charge in [-0.15, -0.1) is 0 Å². The summed E-state index contributed by atoms with van der Waals surface area (Å²) in [7, 11) is 0. The molecule has 0 aromatic heterocycles. The van der Waals surface area contributed by atoms with E-state index in [9.17, 15) is 4.79 Å². The molecule has 0 atom stereocenters. The van der Waals surface area contributed by atoms with Gasteiger partial charge in [-0.25, -0.2) is 0 Å². The first-order chi connectivity index (χ1) is 6.31. The van der Waals surface area contributed by atoms with E-state index in [2.05, 4.69) is 4.90 Å². The first-order valence-corrected chi connectivity index (χ1v) is 4.69. The molecular weight excluding hydrogens is 186 g/mol. The first kappa shape index (κ1) is 8.57. The van der Waals surface area contributed by atoms with Crippen molar-refractivity contribution in [2.75, 3.05) is 18.0 Å². The fraction of sp³-hybridized carbons (Fsp3) is 0.300. The maximum absolute atomic E-state index is 10.5. The minimum Gasteiger partial charge on any atom is -0.370 e. The molecule has 0 unspecified atom stereocenters. The molecule has 2 nitrogen and oxygen atoms in total. The van der Waals surface area contributed by atoms with Crippen LogP contribution in [0.3, 0.4) is 0 Å². The molecule has 0 spiro atoms. The predicted molar refractivity (Wildman–Crippen MR) is 53.7 cm³/mol. The smallest absolute Gasteiger partial charge is 0.150 e. The summed E-state index contributed by atoms with van der Waals surface area (Å²) in [6.45, 7) is 2.14. The lowest BCUT2D eigenvalue weighted by Gasteiger charge is -2.33. The summed E-state index contributed by atoms with van der Waals surface area (Å²) < 4.78 is 0. The van der Waals surface area contributed by atoms with E-state index in [0.29, 0.717) is 10.6 Å². The summed E-state index contributed by atoms with van der Waals surface area (Å²) >= 11 is 6.02. The molecule has 0 N–H and O–H groups in total. The molecule has 0 radical (unpaired) electrons. The van der Waals surface area contributed by atoms with E-state index < -0.39 is 0 Å². The second kappa shape index (κ2) is 3.38. The van der Waals surface area contributed by atoms with Crippen molar-refractivity contribution in [3.8, 4) is 0 Å². The van der Waals surface area contributed by atoms with Gasteiger partial charge in [-0.1, -0.05) is 11.6 Å². The average Bonchev–Trinajstić information content (AvgIpc) is 2.05. The number of carbonyl (C=O) groups excluding carboxylic acids is 1. The highest BCUT2D eigenvalue weighted by atomic mass is 35.5. The monoisotopic (exact) mass is 195 g/mol. The minimum absolute atomic E-state index is 0.634. The number of rotatable bonds is 2. The third kappa shape index (κ3) is 1.54. The molecular formula is C10H10ClNO. The van der Waals surface area contributed by atoms with Gasteiger partial charge in [0.15, 0.2) is 0 Å². The molecule has 0 bridgehead atoms. The third-order valence-electron chi connectivity index (χ3n) is 2.30. The molecule has 0 aliphatic carbocycles. The molecule has 68 valence electrons. The van der Waals surface area contributed by atoms with Crippen LogP contribution in [0, 0.1) is 0 Å². The number of carbonyl (C=O) groups is 1. The number of hydrogen-bond acceptors (Lipinski definition) is 2. The molecule has 1 aromatic carbocycles. The van der Waals surface area contributed by atoms with Crippen LogP contribution in [0.5, 0.6) is 0 Å². The number of halogens is 1. The molecule has 0 saturated carbocycles. The Morgan fingerprint density at radius 1 is 1.38 bits per heavy atom. The molecule has 1 heterocycles. The summed E-state index contributed by atoms with van der Waals surface area (Å²) in [5.74, 6) is 0. The Kier molecular flexibility index (Phi) is 2.23. The van der Waals surface area contributed by atoms with Crippen molar-refractivity contribution < 1.29 is 4.79 Å². The Morgan fingerprint density at radius 2 is 2.15 bits per heavy atom. The fourth-order valence-corrected chi connectivity index (χ4v) is 1.72. The maximum atomic E-state index is 10.5. The lowest BCUT2D eigenvalue weighted by Crippen LogP contribution is -2.37. The molecule has 1 aliphatic rings. The Hall–Kier alpha value is -1.02. The zero-order chi connectivity index (χ0) is 9.26. The summed E-state index contributed by atoms with van der Waals surface area (Å²) in [4.78, 5) is 12.7. The van der Waals surface area contributed by atoms with Gasteiger partial charge in [-0.05, 0) is 24.6 Å². The van der Waals surface area contributed by atoms with Crippen LogP contribution in [0.25, 0.3) is 0 Å². The molecule has 1 fully saturated rings. The van der Waals surface area contributed by atoms with Gasteiger partial charge in [0.2, 0.25) is 0 Å². The summed E-state index contributed by atoms with van der Waals surface area (Å²) in [5, 5.41) is 0.671. The van der Waals surface area contributed by atoms with Crippen LogP contribution in [0.1, 0.15) is 16.8 Å². The number of aldehydes is 1. The highest BCUT2D eigenvalue weighted by Crippen LogP contribution is 2.29. The quantitative estimate of drug-likeness (QED) is 0.676. The van der Waals surface area contributed by atoms with Crippen molar-refractivity contribution in [1.29, 1.82) is 0 Å². The Bertz CT molecular complexity index is 334. The predicted octanol–water partition coefficient (Wildman–Crippen LogP) is 2.36. The summed E-state index contributed by atoms with van der Waals surface area (Å²) in [5.41, 5.74) is 1.67. The van der Waals surface area contributed by atoms with Crippen molar-refractivity contribution in [3.05, 3.63) is 28.8 Å². The number of nitrogens with zero attached hydrogens (tertiary/aromatic N) is 1. The van der Waals surface area contributed by atoms with E-state index in [1.165, 1.54) is 6.42 Å². The van der Waals surface area contributed by atoms with Crippen LogP contribution in [-0.4, -0.2) is 19.4 Å². The van der Waals surface area contributed by atoms with E-state index in [1.807, 2.05) is 6.07 Å². The van der Waals surface area contributed by atoms with Crippen molar-refractivity contribution in [1.82, 2.24) is 0 Å². The van der Waals surface area contributed by atoms with Crippen molar-refractivity contribution in [3.63, 3.8) is 0 Å². The van der Waals surface area contributed by atoms with Gasteiger partial charge >= 0.3 is 0 Å². The highest BCUT2D eigenvalue weighted by Gasteiger charge is 2.16. The van der Waals surface area contributed by atoms with Crippen molar-refractivity contribution >= 4 is 23.6 Å². The standard InChI is InChI=1S/C10H10ClNO/c11-9-6-8(7-13)2-3-10(9)12-4-1-5-12/h2-3,6-7H,1,4-5H2. The zero-order valence-electron chi connectivity index (χ0n) is 7.16. The van der Waals surface area contributed by atoms with E-state index in [-0.39, 0.29) is 0 Å². The molecule has 1 aromatic rings. The molecule has 13 heavy (non-hydrogen) atoms. The number of hydrogen-bond donors (Lipinski definition) is 0. The van der Waals surface area contributed by atoms with Gasteiger partial charge in [0.05, 0.1) is 10.7 Å². The van der Waals surface area contributed by atoms with Crippen LogP contribution < -0.4 is 4.90 Å². The van der Waals surface area contributed by atoms with Crippen LogP contribution in [0.4, 0.5) is 5.69 Å². The molecule has 1 saturated heterocycles. The molecule has 1 aliphatic heterocycles. The maximum Gasteiger partial charge on any atom is 0.150 e. The fourth-order valence-electron chi connectivity index (χ4n) is 1.41. The first-order valence-electron chi connectivity index (χ1n) is 4.31. The molecule has 0 amide bonds. The van der Waals surface area contributed by atoms with Crippen LogP contribution >= 0.6 is 11.6 Å². The second-order valence-corrected chi connectivity index (χ2v) is 3.58. The lowest BCUT2D eigenvalue weighted by atomic mass is 10.1. The Labute approximate surface area is 82.1 Å². The van der Waals surface area contributed by atoms with Crippen LogP contribution in [0.2, 0.25) is 5.02 Å². The molecule has 2 rings (SSSR count). The van der Waals surface area contributed by atoms with Gasteiger partial charge in [-0.3, -0.25) is 4.79 Å². The summed E-state index contributed by atoms with van der Waals surface area (Å²) in [6.07, 6.45) is 2.04. The lowest BCUT2D eigenvalue weighted by molar-refractivity contribution is 0.112. The van der Waals surface area contributed by atoms with Crippen LogP contribution in [0.15, 0.2) is 18.2 Å². The van der Waals surface area contributed by atoms with Crippen LogP contribution in [-0.2, 0) is 0 Å². The van der Waals surface area contributed by atoms with E-state index in [4.69, 9.17) is 11.6 Å². The van der Waals surface area contributed by atoms with Crippen molar-refractivity contribution in [2.24, 2.45) is 0 Å². The van der Waals surface area contributed by atoms with E-state index in [0.717, 1.165) is 25.1 Å². The second-order valence-electron chi connectivity index (χ2n) is 3.17. The highest BCUT2D eigenvalue weighted by molar-refractivity contribution is 6.33. The van der Waals surface area contributed by atoms with Gasteiger partial charge < -0.3 is 4.90 Å². The van der Waals surface area contributed by atoms with Crippen molar-refractivity contribution in [2.45, 2.75) is 6.42 Å². The number of anilines is 1. The minimum atomic E-state index is 0.634. The van der Waals surface area contributed by atoms with Gasteiger partial charge in [0, 0.05) is 18.7 Å². The van der Waals surface area contributed by atoms with Gasteiger partial charge in [-0.2, -0.15) is 0 Å². The normalized spacial score (nSPS) is 15.3. The topological polar surface area (TPSA) is 20.3 Å². The Balaban J connectivity index is 2.31. The largest absolute Gasteiger partial charge is 0.370 e. The number of benzene rings is 1. The average molecular weight is 196 g/mol. The third-order valence-corrected chi connectivity index (χ3v) is 2.61. The molecule has 3 heteroatoms. The van der Waals surface area contributed by atoms with Gasteiger partial charge in [0.1, 0.15) is 6.29 Å². The van der Waals surface area contributed by atoms with Gasteiger partial charge in [0.25, 0.3) is 0 Å². The van der Waals surface area contributed by atoms with E-state index in [1.54, 1.807) is 12.1 Å². The zero-order valence-corrected chi connectivity index (χ0v) is 7.92. The Morgan fingerprint density at radius 3 is 2.62 bits per heavy atom. The van der Waals surface area contributed by atoms with E-state index >= 15 is 0 Å².